The first-order chi connectivity index (χ1) is 12.7. The van der Waals surface area contributed by atoms with Gasteiger partial charge in [0.2, 0.25) is 0 Å². The molecule has 1 heterocycles. The molecule has 132 valence electrons. The van der Waals surface area contributed by atoms with Crippen molar-refractivity contribution in [1.82, 2.24) is 4.98 Å². The number of ether oxygens (including phenoxy) is 2. The second kappa shape index (κ2) is 8.49. The summed E-state index contributed by atoms with van der Waals surface area (Å²) in [6, 6.07) is 18.1. The maximum atomic E-state index is 12.4. The van der Waals surface area contributed by atoms with Crippen LogP contribution in [-0.4, -0.2) is 18.0 Å². The molecule has 0 bridgehead atoms. The first-order valence-electron chi connectivity index (χ1n) is 7.93. The van der Waals surface area contributed by atoms with Crippen LogP contribution in [0.1, 0.15) is 16.1 Å². The SMILES string of the molecule is COc1ccc(C(=O)Nc2cccc(OCc3ccccn3)c2)cc1Br. The van der Waals surface area contributed by atoms with Crippen LogP contribution in [0.25, 0.3) is 0 Å². The molecule has 0 unspecified atom stereocenters. The molecule has 0 aliphatic rings. The number of aromatic nitrogens is 1. The number of hydrogen-bond acceptors (Lipinski definition) is 4. The minimum atomic E-state index is -0.213. The van der Waals surface area contributed by atoms with Gasteiger partial charge in [0, 0.05) is 23.5 Å². The highest BCUT2D eigenvalue weighted by Gasteiger charge is 2.10. The van der Waals surface area contributed by atoms with E-state index in [4.69, 9.17) is 9.47 Å². The molecule has 5 nitrogen and oxygen atoms in total. The highest BCUT2D eigenvalue weighted by molar-refractivity contribution is 9.10. The van der Waals surface area contributed by atoms with Gasteiger partial charge in [-0.05, 0) is 58.4 Å². The molecule has 3 rings (SSSR count). The maximum Gasteiger partial charge on any atom is 0.255 e. The second-order valence-electron chi connectivity index (χ2n) is 5.44. The van der Waals surface area contributed by atoms with E-state index in [0.29, 0.717) is 29.4 Å². The topological polar surface area (TPSA) is 60.5 Å². The van der Waals surface area contributed by atoms with Crippen molar-refractivity contribution in [2.75, 3.05) is 12.4 Å². The Morgan fingerprint density at radius 3 is 2.73 bits per heavy atom. The van der Waals surface area contributed by atoms with Crippen molar-refractivity contribution >= 4 is 27.5 Å². The summed E-state index contributed by atoms with van der Waals surface area (Å²) in [4.78, 5) is 16.7. The Bertz CT molecular complexity index is 901. The van der Waals surface area contributed by atoms with Gasteiger partial charge in [-0.2, -0.15) is 0 Å². The summed E-state index contributed by atoms with van der Waals surface area (Å²) in [5.74, 6) is 1.12. The fourth-order valence-electron chi connectivity index (χ4n) is 2.32. The molecule has 3 aromatic rings. The fourth-order valence-corrected chi connectivity index (χ4v) is 2.86. The number of carbonyl (C=O) groups excluding carboxylic acids is 1. The molecule has 0 atom stereocenters. The van der Waals surface area contributed by atoms with Crippen LogP contribution >= 0.6 is 15.9 Å². The minimum absolute atomic E-state index is 0.213. The van der Waals surface area contributed by atoms with Crippen molar-refractivity contribution in [3.8, 4) is 11.5 Å². The number of halogens is 1. The number of pyridine rings is 1. The standard InChI is InChI=1S/C20H17BrN2O3/c1-25-19-9-8-14(11-18(19)21)20(24)23-15-6-4-7-17(12-15)26-13-16-5-2-3-10-22-16/h2-12H,13H2,1H3,(H,23,24). The number of rotatable bonds is 6. The van der Waals surface area contributed by atoms with Gasteiger partial charge in [-0.25, -0.2) is 0 Å². The molecule has 1 N–H and O–H groups in total. The largest absolute Gasteiger partial charge is 0.496 e. The lowest BCUT2D eigenvalue weighted by Crippen LogP contribution is -2.12. The Morgan fingerprint density at radius 2 is 2.00 bits per heavy atom. The van der Waals surface area contributed by atoms with Crippen LogP contribution in [0.15, 0.2) is 71.3 Å². The van der Waals surface area contributed by atoms with Gasteiger partial charge in [-0.3, -0.25) is 9.78 Å². The molecule has 0 aliphatic carbocycles. The first-order valence-corrected chi connectivity index (χ1v) is 8.72. The van der Waals surface area contributed by atoms with Gasteiger partial charge in [0.15, 0.2) is 0 Å². The zero-order valence-corrected chi connectivity index (χ0v) is 15.7. The Kier molecular flexibility index (Phi) is 5.86. The average Bonchev–Trinajstić information content (AvgIpc) is 2.67. The zero-order valence-electron chi connectivity index (χ0n) is 14.1. The van der Waals surface area contributed by atoms with Crippen LogP contribution in [0.5, 0.6) is 11.5 Å². The third-order valence-electron chi connectivity index (χ3n) is 3.62. The van der Waals surface area contributed by atoms with E-state index in [2.05, 4.69) is 26.2 Å². The van der Waals surface area contributed by atoms with E-state index in [0.717, 1.165) is 10.2 Å². The summed E-state index contributed by atoms with van der Waals surface area (Å²) in [7, 11) is 1.58. The van der Waals surface area contributed by atoms with E-state index in [1.807, 2.05) is 36.4 Å². The van der Waals surface area contributed by atoms with Gasteiger partial charge in [0.05, 0.1) is 17.3 Å². The molecule has 6 heteroatoms. The quantitative estimate of drug-likeness (QED) is 0.638. The van der Waals surface area contributed by atoms with E-state index in [1.54, 1.807) is 37.6 Å². The number of amides is 1. The van der Waals surface area contributed by atoms with Crippen LogP contribution in [0.3, 0.4) is 0 Å². The summed E-state index contributed by atoms with van der Waals surface area (Å²) in [5, 5.41) is 2.87. The summed E-state index contributed by atoms with van der Waals surface area (Å²) in [5.41, 5.74) is 2.02. The number of nitrogens with one attached hydrogen (secondary N) is 1. The van der Waals surface area contributed by atoms with Gasteiger partial charge in [-0.15, -0.1) is 0 Å². The number of hydrogen-bond donors (Lipinski definition) is 1. The van der Waals surface area contributed by atoms with Crippen LogP contribution in [0, 0.1) is 0 Å². The van der Waals surface area contributed by atoms with E-state index < -0.39 is 0 Å². The van der Waals surface area contributed by atoms with E-state index in [-0.39, 0.29) is 5.91 Å². The lowest BCUT2D eigenvalue weighted by Gasteiger charge is -2.10. The van der Waals surface area contributed by atoms with Gasteiger partial charge >= 0.3 is 0 Å². The zero-order chi connectivity index (χ0) is 18.4. The molecule has 0 spiro atoms. The number of carbonyl (C=O) groups is 1. The molecule has 0 saturated heterocycles. The van der Waals surface area contributed by atoms with E-state index in [9.17, 15) is 4.79 Å². The first kappa shape index (κ1) is 17.9. The fraction of sp³-hybridized carbons (Fsp3) is 0.100. The third-order valence-corrected chi connectivity index (χ3v) is 4.24. The second-order valence-corrected chi connectivity index (χ2v) is 6.30. The van der Waals surface area contributed by atoms with Gasteiger partial charge < -0.3 is 14.8 Å². The number of nitrogens with zero attached hydrogens (tertiary/aromatic N) is 1. The molecular weight excluding hydrogens is 396 g/mol. The monoisotopic (exact) mass is 412 g/mol. The summed E-state index contributed by atoms with van der Waals surface area (Å²) in [6.45, 7) is 0.365. The Hall–Kier alpha value is -2.86. The van der Waals surface area contributed by atoms with Crippen molar-refractivity contribution in [1.29, 1.82) is 0 Å². The molecular formula is C20H17BrN2O3. The number of benzene rings is 2. The number of anilines is 1. The summed E-state index contributed by atoms with van der Waals surface area (Å²) in [6.07, 6.45) is 1.72. The molecule has 1 aromatic heterocycles. The van der Waals surface area contributed by atoms with Crippen LogP contribution < -0.4 is 14.8 Å². The highest BCUT2D eigenvalue weighted by atomic mass is 79.9. The van der Waals surface area contributed by atoms with Crippen LogP contribution in [0.4, 0.5) is 5.69 Å². The predicted molar refractivity (Wildman–Crippen MR) is 104 cm³/mol. The molecule has 0 fully saturated rings. The van der Waals surface area contributed by atoms with Crippen LogP contribution in [-0.2, 0) is 6.61 Å². The smallest absolute Gasteiger partial charge is 0.255 e. The Morgan fingerprint density at radius 1 is 1.12 bits per heavy atom. The summed E-state index contributed by atoms with van der Waals surface area (Å²) < 4.78 is 11.6. The molecule has 1 amide bonds. The average molecular weight is 413 g/mol. The van der Waals surface area contributed by atoms with Crippen molar-refractivity contribution in [3.05, 3.63) is 82.6 Å². The summed E-state index contributed by atoms with van der Waals surface area (Å²) >= 11 is 3.38. The van der Waals surface area contributed by atoms with E-state index >= 15 is 0 Å². The Balaban J connectivity index is 1.66. The molecule has 2 aromatic carbocycles. The van der Waals surface area contributed by atoms with Gasteiger partial charge in [-0.1, -0.05) is 12.1 Å². The van der Waals surface area contributed by atoms with Crippen molar-refractivity contribution in [2.24, 2.45) is 0 Å². The molecule has 0 aliphatic heterocycles. The van der Waals surface area contributed by atoms with Crippen LogP contribution in [0.2, 0.25) is 0 Å². The maximum absolute atomic E-state index is 12.4. The van der Waals surface area contributed by atoms with Gasteiger partial charge in [0.25, 0.3) is 5.91 Å². The number of methoxy groups -OCH3 is 1. The molecule has 0 radical (unpaired) electrons. The Labute approximate surface area is 160 Å². The van der Waals surface area contributed by atoms with Crippen molar-refractivity contribution in [2.45, 2.75) is 6.61 Å². The minimum Gasteiger partial charge on any atom is -0.496 e. The lowest BCUT2D eigenvalue weighted by atomic mass is 10.2. The molecule has 26 heavy (non-hydrogen) atoms. The molecule has 0 saturated carbocycles. The van der Waals surface area contributed by atoms with Crippen molar-refractivity contribution in [3.63, 3.8) is 0 Å². The van der Waals surface area contributed by atoms with Gasteiger partial charge in [0.1, 0.15) is 18.1 Å². The predicted octanol–water partition coefficient (Wildman–Crippen LogP) is 4.68. The third kappa shape index (κ3) is 4.61. The van der Waals surface area contributed by atoms with E-state index in [1.165, 1.54) is 0 Å². The van der Waals surface area contributed by atoms with Crippen molar-refractivity contribution < 1.29 is 14.3 Å². The normalized spacial score (nSPS) is 10.2. The lowest BCUT2D eigenvalue weighted by molar-refractivity contribution is 0.102. The highest BCUT2D eigenvalue weighted by Crippen LogP contribution is 2.26.